The Morgan fingerprint density at radius 3 is 1.39 bits per heavy atom. The molecule has 2 atom stereocenters. The first-order valence-corrected chi connectivity index (χ1v) is 13.0. The van der Waals surface area contributed by atoms with Gasteiger partial charge in [-0.05, 0) is 62.9 Å². The maximum atomic E-state index is 12.5. The Morgan fingerprint density at radius 2 is 1.06 bits per heavy atom. The van der Waals surface area contributed by atoms with Gasteiger partial charge in [0.05, 0.1) is 25.0 Å². The Labute approximate surface area is 221 Å². The fraction of sp³-hybridized carbons (Fsp3) is 0.483. The monoisotopic (exact) mass is 512 g/mol. The van der Waals surface area contributed by atoms with Crippen molar-refractivity contribution >= 4 is 29.3 Å². The van der Waals surface area contributed by atoms with Crippen LogP contribution in [0, 0.1) is 0 Å². The molecule has 2 N–H and O–H groups in total. The first kappa shape index (κ1) is 29.3. The van der Waals surface area contributed by atoms with E-state index >= 15 is 0 Å². The van der Waals surface area contributed by atoms with Crippen molar-refractivity contribution in [3.8, 4) is 0 Å². The highest BCUT2D eigenvalue weighted by Crippen LogP contribution is 2.32. The first-order chi connectivity index (χ1) is 17.3. The quantitative estimate of drug-likeness (QED) is 0.208. The number of methoxy groups -OCH3 is 2. The van der Waals surface area contributed by atoms with Crippen LogP contribution in [0.3, 0.4) is 0 Å². The fourth-order valence-electron chi connectivity index (χ4n) is 4.46. The zero-order valence-electron chi connectivity index (χ0n) is 22.0. The van der Waals surface area contributed by atoms with Crippen LogP contribution < -0.4 is 10.6 Å². The van der Waals surface area contributed by atoms with Gasteiger partial charge in [0.1, 0.15) is 0 Å². The Hall–Kier alpha value is -2.93. The lowest BCUT2D eigenvalue weighted by Crippen LogP contribution is -2.37. The van der Waals surface area contributed by atoms with Gasteiger partial charge in [0.15, 0.2) is 5.11 Å². The predicted molar refractivity (Wildman–Crippen MR) is 148 cm³/mol. The lowest BCUT2D eigenvalue weighted by atomic mass is 9.78. The fourth-order valence-corrected chi connectivity index (χ4v) is 4.67. The molecule has 2 aromatic carbocycles. The minimum absolute atomic E-state index is 0.214. The van der Waals surface area contributed by atoms with Gasteiger partial charge in [-0.2, -0.15) is 0 Å². The van der Waals surface area contributed by atoms with Gasteiger partial charge in [-0.1, -0.05) is 73.5 Å². The number of hydrogen-bond donors (Lipinski definition) is 2. The van der Waals surface area contributed by atoms with Crippen molar-refractivity contribution in [2.24, 2.45) is 0 Å². The van der Waals surface area contributed by atoms with Crippen molar-refractivity contribution in [3.05, 3.63) is 71.8 Å². The normalized spacial score (nSPS) is 14.1. The molecule has 0 aliphatic carbocycles. The van der Waals surface area contributed by atoms with E-state index in [1.807, 2.05) is 74.5 Å². The number of nitrogens with one attached hydrogen (secondary N) is 2. The number of benzene rings is 2. The van der Waals surface area contributed by atoms with E-state index in [-0.39, 0.29) is 11.9 Å². The lowest BCUT2D eigenvalue weighted by Gasteiger charge is -2.27. The highest BCUT2D eigenvalue weighted by atomic mass is 32.1. The summed E-state index contributed by atoms with van der Waals surface area (Å²) in [7, 11) is 2.87. The van der Waals surface area contributed by atoms with E-state index in [1.54, 1.807) is 0 Å². The van der Waals surface area contributed by atoms with Crippen molar-refractivity contribution < 1.29 is 19.1 Å². The molecular weight excluding hydrogens is 472 g/mol. The summed E-state index contributed by atoms with van der Waals surface area (Å²) in [4.78, 5) is 25.0. The van der Waals surface area contributed by atoms with Gasteiger partial charge in [-0.3, -0.25) is 9.59 Å². The average molecular weight is 513 g/mol. The maximum Gasteiger partial charge on any atom is 0.315 e. The molecule has 0 aliphatic rings. The van der Waals surface area contributed by atoms with Gasteiger partial charge in [-0.15, -0.1) is 0 Å². The van der Waals surface area contributed by atoms with Crippen LogP contribution in [0.5, 0.6) is 0 Å². The smallest absolute Gasteiger partial charge is 0.315 e. The van der Waals surface area contributed by atoms with Crippen molar-refractivity contribution in [1.29, 1.82) is 0 Å². The van der Waals surface area contributed by atoms with Gasteiger partial charge in [0.2, 0.25) is 0 Å². The van der Waals surface area contributed by atoms with Crippen LogP contribution in [0.1, 0.15) is 63.5 Å². The summed E-state index contributed by atoms with van der Waals surface area (Å²) in [5, 5.41) is 7.10. The molecule has 0 aliphatic heterocycles. The second kappa shape index (κ2) is 14.6. The van der Waals surface area contributed by atoms with Crippen molar-refractivity contribution in [1.82, 2.24) is 10.6 Å². The zero-order chi connectivity index (χ0) is 26.4. The molecule has 0 amide bonds. The first-order valence-electron chi connectivity index (χ1n) is 12.6. The SMILES string of the molecule is COC(=O)C(C)(CCCCNC(=S)NCCCCC(C)(C(=O)OC)c1ccccc1)c1ccccc1. The largest absolute Gasteiger partial charge is 0.468 e. The minimum atomic E-state index is -0.660. The Morgan fingerprint density at radius 1 is 0.694 bits per heavy atom. The van der Waals surface area contributed by atoms with Crippen LogP contribution in [0.25, 0.3) is 0 Å². The number of carbonyl (C=O) groups excluding carboxylic acids is 2. The van der Waals surface area contributed by atoms with E-state index in [4.69, 9.17) is 21.7 Å². The van der Waals surface area contributed by atoms with Crippen molar-refractivity contribution in [2.45, 2.75) is 63.2 Å². The van der Waals surface area contributed by atoms with Gasteiger partial charge < -0.3 is 20.1 Å². The molecule has 0 saturated heterocycles. The predicted octanol–water partition coefficient (Wildman–Crippen LogP) is 5.05. The van der Waals surface area contributed by atoms with Gasteiger partial charge in [-0.25, -0.2) is 0 Å². The van der Waals surface area contributed by atoms with Crippen molar-refractivity contribution in [2.75, 3.05) is 27.3 Å². The molecule has 196 valence electrons. The average Bonchev–Trinajstić information content (AvgIpc) is 2.92. The molecule has 2 unspecified atom stereocenters. The molecule has 7 heteroatoms. The standard InChI is InChI=1S/C29H40N2O4S/c1-28(25(32)34-3,23-15-7-5-8-16-23)19-11-13-21-30-27(36)31-22-14-12-20-29(2,26(33)35-4)24-17-9-6-10-18-24/h5-10,15-18H,11-14,19-22H2,1-4H3,(H2,30,31,36). The van der Waals surface area contributed by atoms with Crippen LogP contribution in [-0.2, 0) is 29.9 Å². The summed E-state index contributed by atoms with van der Waals surface area (Å²) in [5.41, 5.74) is 0.621. The van der Waals surface area contributed by atoms with E-state index in [1.165, 1.54) is 14.2 Å². The number of ether oxygens (including phenoxy) is 2. The molecule has 0 radical (unpaired) electrons. The third-order valence-corrected chi connectivity index (χ3v) is 7.16. The number of rotatable bonds is 14. The molecule has 0 fully saturated rings. The Balaban J connectivity index is 1.69. The number of hydrogen-bond acceptors (Lipinski definition) is 5. The van der Waals surface area contributed by atoms with E-state index in [2.05, 4.69) is 10.6 Å². The van der Waals surface area contributed by atoms with Crippen LogP contribution in [0.4, 0.5) is 0 Å². The zero-order valence-corrected chi connectivity index (χ0v) is 22.8. The summed E-state index contributed by atoms with van der Waals surface area (Å²) >= 11 is 5.40. The maximum absolute atomic E-state index is 12.5. The van der Waals surface area contributed by atoms with Crippen LogP contribution in [0.2, 0.25) is 0 Å². The molecule has 2 rings (SSSR count). The lowest BCUT2D eigenvalue weighted by molar-refractivity contribution is -0.148. The van der Waals surface area contributed by atoms with Gasteiger partial charge in [0.25, 0.3) is 0 Å². The van der Waals surface area contributed by atoms with Gasteiger partial charge in [0, 0.05) is 13.1 Å². The van der Waals surface area contributed by atoms with Gasteiger partial charge >= 0.3 is 11.9 Å². The number of carbonyl (C=O) groups is 2. The van der Waals surface area contributed by atoms with E-state index in [0.29, 0.717) is 18.0 Å². The van der Waals surface area contributed by atoms with Crippen molar-refractivity contribution in [3.63, 3.8) is 0 Å². The Kier molecular flexibility index (Phi) is 11.9. The number of unbranched alkanes of at least 4 members (excludes halogenated alkanes) is 2. The third-order valence-electron chi connectivity index (χ3n) is 6.87. The molecule has 0 bridgehead atoms. The third kappa shape index (κ3) is 8.05. The molecule has 0 spiro atoms. The van der Waals surface area contributed by atoms with E-state index < -0.39 is 10.8 Å². The molecule has 0 saturated carbocycles. The second-order valence-corrected chi connectivity index (χ2v) is 9.88. The van der Waals surface area contributed by atoms with Crippen LogP contribution >= 0.6 is 12.2 Å². The van der Waals surface area contributed by atoms with Crippen LogP contribution in [-0.4, -0.2) is 44.4 Å². The molecular formula is C29H40N2O4S. The summed E-state index contributed by atoms with van der Waals surface area (Å²) in [6, 6.07) is 19.6. The summed E-state index contributed by atoms with van der Waals surface area (Å²) < 4.78 is 10.2. The summed E-state index contributed by atoms with van der Waals surface area (Å²) in [5.74, 6) is -0.427. The molecule has 6 nitrogen and oxygen atoms in total. The molecule has 36 heavy (non-hydrogen) atoms. The van der Waals surface area contributed by atoms with E-state index in [9.17, 15) is 9.59 Å². The molecule has 0 heterocycles. The second-order valence-electron chi connectivity index (χ2n) is 9.48. The molecule has 2 aromatic rings. The Bertz CT molecular complexity index is 892. The summed E-state index contributed by atoms with van der Waals surface area (Å²) in [6.45, 7) is 5.34. The minimum Gasteiger partial charge on any atom is -0.468 e. The van der Waals surface area contributed by atoms with Crippen LogP contribution in [0.15, 0.2) is 60.7 Å². The summed E-state index contributed by atoms with van der Waals surface area (Å²) in [6.07, 6.45) is 4.90. The topological polar surface area (TPSA) is 76.7 Å². The highest BCUT2D eigenvalue weighted by molar-refractivity contribution is 7.80. The molecule has 0 aromatic heterocycles. The van der Waals surface area contributed by atoms with E-state index in [0.717, 1.165) is 49.9 Å². The number of thiocarbonyl (C=S) groups is 1. The number of esters is 2. The highest BCUT2D eigenvalue weighted by Gasteiger charge is 2.36.